The number of fused-ring (bicyclic) bond motifs is 1. The molecule has 1 saturated carbocycles. The van der Waals surface area contributed by atoms with Gasteiger partial charge in [-0.2, -0.15) is 0 Å². The van der Waals surface area contributed by atoms with Crippen molar-refractivity contribution in [2.24, 2.45) is 11.8 Å². The van der Waals surface area contributed by atoms with Gasteiger partial charge in [-0.3, -0.25) is 0 Å². The van der Waals surface area contributed by atoms with Gasteiger partial charge in [-0.05, 0) is 55.3 Å². The molecule has 0 amide bonds. The van der Waals surface area contributed by atoms with Crippen molar-refractivity contribution in [3.8, 4) is 0 Å². The molecule has 19 heavy (non-hydrogen) atoms. The first-order chi connectivity index (χ1) is 9.15. The molecule has 1 aromatic carbocycles. The van der Waals surface area contributed by atoms with Crippen LogP contribution in [-0.4, -0.2) is 17.7 Å². The molecule has 0 spiro atoms. The second-order valence-electron chi connectivity index (χ2n) is 5.79. The standard InChI is InChI=1S/C15H19BrClNO/c16-10-4-5-12(13(17)6-10)15(19)7-14-11-3-1-2-9(11)8-18-14/h4-6,9,11,14-15,18-19H,1-3,7-8H2. The lowest BCUT2D eigenvalue weighted by Crippen LogP contribution is -2.28. The fourth-order valence-corrected chi connectivity index (χ4v) is 4.50. The minimum absolute atomic E-state index is 0.446. The van der Waals surface area contributed by atoms with E-state index < -0.39 is 6.10 Å². The molecule has 0 aromatic heterocycles. The molecule has 4 atom stereocenters. The summed E-state index contributed by atoms with van der Waals surface area (Å²) in [6, 6.07) is 6.14. The third-order valence-electron chi connectivity index (χ3n) is 4.68. The van der Waals surface area contributed by atoms with Gasteiger partial charge >= 0.3 is 0 Å². The lowest BCUT2D eigenvalue weighted by molar-refractivity contribution is 0.145. The molecule has 0 radical (unpaired) electrons. The third kappa shape index (κ3) is 2.85. The van der Waals surface area contributed by atoms with Crippen LogP contribution in [0.15, 0.2) is 22.7 Å². The summed E-state index contributed by atoms with van der Waals surface area (Å²) in [5.41, 5.74) is 0.841. The molecule has 2 N–H and O–H groups in total. The predicted octanol–water partition coefficient (Wildman–Crippen LogP) is 3.91. The molecule has 2 aliphatic rings. The maximum Gasteiger partial charge on any atom is 0.0819 e. The normalized spacial score (nSPS) is 31.4. The number of rotatable bonds is 3. The molecule has 1 aliphatic heterocycles. The molecule has 4 heteroatoms. The average Bonchev–Trinajstić information content (AvgIpc) is 2.94. The summed E-state index contributed by atoms with van der Waals surface area (Å²) < 4.78 is 0.947. The second-order valence-corrected chi connectivity index (χ2v) is 7.11. The smallest absolute Gasteiger partial charge is 0.0819 e. The highest BCUT2D eigenvalue weighted by Crippen LogP contribution is 2.41. The number of benzene rings is 1. The predicted molar refractivity (Wildman–Crippen MR) is 81.4 cm³/mol. The van der Waals surface area contributed by atoms with Gasteiger partial charge in [0.1, 0.15) is 0 Å². The summed E-state index contributed by atoms with van der Waals surface area (Å²) >= 11 is 9.60. The van der Waals surface area contributed by atoms with Crippen LogP contribution in [0.4, 0.5) is 0 Å². The zero-order valence-electron chi connectivity index (χ0n) is 10.8. The molecule has 2 fully saturated rings. The number of aliphatic hydroxyl groups is 1. The maximum atomic E-state index is 10.4. The number of hydrogen-bond acceptors (Lipinski definition) is 2. The van der Waals surface area contributed by atoms with Gasteiger partial charge in [0.05, 0.1) is 6.10 Å². The Morgan fingerprint density at radius 3 is 3.05 bits per heavy atom. The lowest BCUT2D eigenvalue weighted by atomic mass is 9.89. The fraction of sp³-hybridized carbons (Fsp3) is 0.600. The number of aliphatic hydroxyl groups excluding tert-OH is 1. The van der Waals surface area contributed by atoms with E-state index in [1.165, 1.54) is 19.3 Å². The van der Waals surface area contributed by atoms with Gasteiger partial charge in [0.25, 0.3) is 0 Å². The Kier molecular flexibility index (Phi) is 4.18. The zero-order chi connectivity index (χ0) is 13.4. The minimum atomic E-state index is -0.475. The molecule has 1 saturated heterocycles. The van der Waals surface area contributed by atoms with Gasteiger partial charge in [0.2, 0.25) is 0 Å². The first-order valence-electron chi connectivity index (χ1n) is 7.01. The van der Waals surface area contributed by atoms with Crippen molar-refractivity contribution >= 4 is 27.5 Å². The van der Waals surface area contributed by atoms with Crippen LogP contribution in [0, 0.1) is 11.8 Å². The van der Waals surface area contributed by atoms with Crippen molar-refractivity contribution < 1.29 is 5.11 Å². The Hall–Kier alpha value is -0.0900. The van der Waals surface area contributed by atoms with E-state index >= 15 is 0 Å². The summed E-state index contributed by atoms with van der Waals surface area (Å²) in [6.07, 6.45) is 4.30. The molecule has 1 aliphatic carbocycles. The van der Waals surface area contributed by atoms with Crippen LogP contribution in [0.5, 0.6) is 0 Å². The Labute approximate surface area is 127 Å². The van der Waals surface area contributed by atoms with E-state index in [4.69, 9.17) is 11.6 Å². The van der Waals surface area contributed by atoms with Gasteiger partial charge in [0.15, 0.2) is 0 Å². The molecule has 1 heterocycles. The van der Waals surface area contributed by atoms with Crippen molar-refractivity contribution in [1.82, 2.24) is 5.32 Å². The maximum absolute atomic E-state index is 10.4. The Bertz CT molecular complexity index is 467. The van der Waals surface area contributed by atoms with Crippen LogP contribution in [0.1, 0.15) is 37.4 Å². The van der Waals surface area contributed by atoms with E-state index in [1.807, 2.05) is 18.2 Å². The Morgan fingerprint density at radius 2 is 2.26 bits per heavy atom. The quantitative estimate of drug-likeness (QED) is 0.871. The Balaban J connectivity index is 1.69. The largest absolute Gasteiger partial charge is 0.388 e. The van der Waals surface area contributed by atoms with E-state index in [2.05, 4.69) is 21.2 Å². The highest BCUT2D eigenvalue weighted by molar-refractivity contribution is 9.10. The molecule has 104 valence electrons. The number of nitrogens with one attached hydrogen (secondary N) is 1. The van der Waals surface area contributed by atoms with Gasteiger partial charge < -0.3 is 10.4 Å². The molecular weight excluding hydrogens is 326 g/mol. The van der Waals surface area contributed by atoms with E-state index in [0.717, 1.165) is 34.8 Å². The highest BCUT2D eigenvalue weighted by Gasteiger charge is 2.39. The van der Waals surface area contributed by atoms with Crippen LogP contribution < -0.4 is 5.32 Å². The van der Waals surface area contributed by atoms with Crippen molar-refractivity contribution in [2.75, 3.05) is 6.54 Å². The summed E-state index contributed by atoms with van der Waals surface area (Å²) in [5.74, 6) is 1.58. The van der Waals surface area contributed by atoms with E-state index in [1.54, 1.807) is 0 Å². The van der Waals surface area contributed by atoms with Crippen LogP contribution in [0.3, 0.4) is 0 Å². The molecule has 1 aromatic rings. The second kappa shape index (κ2) is 5.72. The lowest BCUT2D eigenvalue weighted by Gasteiger charge is -2.22. The van der Waals surface area contributed by atoms with Crippen LogP contribution >= 0.6 is 27.5 Å². The average molecular weight is 345 g/mol. The van der Waals surface area contributed by atoms with E-state index in [-0.39, 0.29) is 0 Å². The van der Waals surface area contributed by atoms with Gasteiger partial charge in [-0.25, -0.2) is 0 Å². The molecule has 4 unspecified atom stereocenters. The number of halogens is 2. The van der Waals surface area contributed by atoms with Gasteiger partial charge in [0, 0.05) is 15.5 Å². The van der Waals surface area contributed by atoms with Crippen molar-refractivity contribution in [2.45, 2.75) is 37.8 Å². The minimum Gasteiger partial charge on any atom is -0.388 e. The van der Waals surface area contributed by atoms with Crippen LogP contribution in [0.25, 0.3) is 0 Å². The van der Waals surface area contributed by atoms with Gasteiger partial charge in [-0.15, -0.1) is 0 Å². The van der Waals surface area contributed by atoms with Crippen molar-refractivity contribution in [1.29, 1.82) is 0 Å². The summed E-state index contributed by atoms with van der Waals surface area (Å²) in [4.78, 5) is 0. The van der Waals surface area contributed by atoms with Crippen LogP contribution in [-0.2, 0) is 0 Å². The SMILES string of the molecule is OC(CC1NCC2CCCC21)c1ccc(Br)cc1Cl. The van der Waals surface area contributed by atoms with Crippen molar-refractivity contribution in [3.05, 3.63) is 33.3 Å². The van der Waals surface area contributed by atoms with Crippen molar-refractivity contribution in [3.63, 3.8) is 0 Å². The molecular formula is C15H19BrClNO. The topological polar surface area (TPSA) is 32.3 Å². The Morgan fingerprint density at radius 1 is 1.42 bits per heavy atom. The zero-order valence-corrected chi connectivity index (χ0v) is 13.1. The highest BCUT2D eigenvalue weighted by atomic mass is 79.9. The van der Waals surface area contributed by atoms with Crippen LogP contribution in [0.2, 0.25) is 5.02 Å². The summed E-state index contributed by atoms with van der Waals surface area (Å²) in [6.45, 7) is 1.12. The van der Waals surface area contributed by atoms with Gasteiger partial charge in [-0.1, -0.05) is 40.0 Å². The first-order valence-corrected chi connectivity index (χ1v) is 8.18. The summed E-state index contributed by atoms with van der Waals surface area (Å²) in [5, 5.41) is 14.7. The monoisotopic (exact) mass is 343 g/mol. The van der Waals surface area contributed by atoms with E-state index in [0.29, 0.717) is 11.1 Å². The molecule has 3 rings (SSSR count). The fourth-order valence-electron chi connectivity index (χ4n) is 3.70. The number of hydrogen-bond donors (Lipinski definition) is 2. The van der Waals surface area contributed by atoms with E-state index in [9.17, 15) is 5.11 Å². The third-order valence-corrected chi connectivity index (χ3v) is 5.50. The molecule has 2 nitrogen and oxygen atoms in total. The first kappa shape index (κ1) is 13.9. The molecule has 0 bridgehead atoms. The summed E-state index contributed by atoms with van der Waals surface area (Å²) in [7, 11) is 0.